The quantitative estimate of drug-likeness (QED) is 0.696. The van der Waals surface area contributed by atoms with Crippen LogP contribution in [0.1, 0.15) is 50.3 Å². The van der Waals surface area contributed by atoms with Crippen LogP contribution in [-0.4, -0.2) is 46.7 Å². The molecule has 3 amide bonds. The Morgan fingerprint density at radius 3 is 2.35 bits per heavy atom. The number of carbonyl (C=O) groups excluding carboxylic acids is 2. The van der Waals surface area contributed by atoms with E-state index in [1.807, 2.05) is 39.0 Å². The van der Waals surface area contributed by atoms with E-state index in [0.29, 0.717) is 38.5 Å². The molecule has 0 unspecified atom stereocenters. The fourth-order valence-corrected chi connectivity index (χ4v) is 4.19. The molecule has 0 bridgehead atoms. The zero-order chi connectivity index (χ0) is 24.3. The zero-order valence-electron chi connectivity index (χ0n) is 20.0. The topological polar surface area (TPSA) is 71.1 Å². The van der Waals surface area contributed by atoms with Gasteiger partial charge in [0.05, 0.1) is 0 Å². The number of rotatable bonds is 4. The molecule has 0 aromatic heterocycles. The molecule has 8 heteroatoms. The molecule has 0 atom stereocenters. The Kier molecular flexibility index (Phi) is 6.95. The van der Waals surface area contributed by atoms with Gasteiger partial charge < -0.3 is 19.7 Å². The number of nitrogens with zero attached hydrogens (tertiary/aromatic N) is 2. The summed E-state index contributed by atoms with van der Waals surface area (Å²) in [5, 5.41) is 2.99. The van der Waals surface area contributed by atoms with Crippen LogP contribution in [-0.2, 0) is 24.4 Å². The Morgan fingerprint density at radius 1 is 1.00 bits per heavy atom. The van der Waals surface area contributed by atoms with E-state index >= 15 is 0 Å². The summed E-state index contributed by atoms with van der Waals surface area (Å²) in [6, 6.07) is 12.0. The second-order valence-electron chi connectivity index (χ2n) is 9.86. The second kappa shape index (κ2) is 9.91. The molecule has 182 valence electrons. The normalized spacial score (nSPS) is 16.2. The zero-order valence-corrected chi connectivity index (χ0v) is 20.0. The van der Waals surface area contributed by atoms with Gasteiger partial charge in [-0.25, -0.2) is 14.0 Å². The molecule has 0 aliphatic carbocycles. The predicted octanol–water partition coefficient (Wildman–Crippen LogP) is 4.83. The van der Waals surface area contributed by atoms with Crippen LogP contribution in [0.5, 0.6) is 5.75 Å². The van der Waals surface area contributed by atoms with Crippen LogP contribution in [0, 0.1) is 5.82 Å². The molecule has 2 aromatic carbocycles. The van der Waals surface area contributed by atoms with Crippen LogP contribution in [0.25, 0.3) is 0 Å². The maximum absolute atomic E-state index is 13.0. The van der Waals surface area contributed by atoms with Crippen molar-refractivity contribution in [1.29, 1.82) is 0 Å². The average molecular weight is 470 g/mol. The molecule has 0 saturated carbocycles. The highest BCUT2D eigenvalue weighted by molar-refractivity contribution is 5.74. The smallest absolute Gasteiger partial charge is 0.410 e. The summed E-state index contributed by atoms with van der Waals surface area (Å²) >= 11 is 0. The molecule has 2 aliphatic rings. The number of hydrogen-bond donors (Lipinski definition) is 1. The van der Waals surface area contributed by atoms with Gasteiger partial charge in [-0.05, 0) is 61.7 Å². The molecule has 2 aromatic rings. The molecular weight excluding hydrogens is 437 g/mol. The Balaban J connectivity index is 1.23. The van der Waals surface area contributed by atoms with Crippen molar-refractivity contribution < 1.29 is 23.5 Å². The summed E-state index contributed by atoms with van der Waals surface area (Å²) in [5.74, 6) is 0.355. The highest BCUT2D eigenvalue weighted by Gasteiger charge is 2.28. The van der Waals surface area contributed by atoms with Gasteiger partial charge >= 0.3 is 12.1 Å². The SMILES string of the molecule is CC(C)(C)OC(=O)N1Cc2ccc(CNC(=O)N3CCC(Oc4ccc(F)cc4)CC3)cc2C1. The van der Waals surface area contributed by atoms with Crippen molar-refractivity contribution in [1.82, 2.24) is 15.1 Å². The molecule has 1 fully saturated rings. The number of halogens is 1. The number of likely N-dealkylation sites (tertiary alicyclic amines) is 1. The van der Waals surface area contributed by atoms with Crippen molar-refractivity contribution in [3.05, 3.63) is 65.0 Å². The van der Waals surface area contributed by atoms with Crippen molar-refractivity contribution in [3.63, 3.8) is 0 Å². The van der Waals surface area contributed by atoms with Crippen LogP contribution in [0.15, 0.2) is 42.5 Å². The number of urea groups is 1. The van der Waals surface area contributed by atoms with Gasteiger partial charge in [0.1, 0.15) is 23.3 Å². The van der Waals surface area contributed by atoms with Gasteiger partial charge in [-0.1, -0.05) is 18.2 Å². The first-order chi connectivity index (χ1) is 16.2. The van der Waals surface area contributed by atoms with E-state index in [-0.39, 0.29) is 24.0 Å². The van der Waals surface area contributed by atoms with Crippen LogP contribution < -0.4 is 10.1 Å². The first-order valence-corrected chi connectivity index (χ1v) is 11.7. The Hall–Kier alpha value is -3.29. The van der Waals surface area contributed by atoms with E-state index in [4.69, 9.17) is 9.47 Å². The van der Waals surface area contributed by atoms with Gasteiger partial charge in [0.25, 0.3) is 0 Å². The molecule has 0 spiro atoms. The van der Waals surface area contributed by atoms with E-state index in [1.165, 1.54) is 12.1 Å². The van der Waals surface area contributed by atoms with Crippen LogP contribution in [0.3, 0.4) is 0 Å². The summed E-state index contributed by atoms with van der Waals surface area (Å²) in [5.41, 5.74) is 2.65. The number of ether oxygens (including phenoxy) is 2. The summed E-state index contributed by atoms with van der Waals surface area (Å²) < 4.78 is 24.4. The summed E-state index contributed by atoms with van der Waals surface area (Å²) in [6.07, 6.45) is 1.15. The molecule has 7 nitrogen and oxygen atoms in total. The molecule has 2 aliphatic heterocycles. The number of amides is 3. The third kappa shape index (κ3) is 6.18. The second-order valence-corrected chi connectivity index (χ2v) is 9.86. The Bertz CT molecular complexity index is 1030. The predicted molar refractivity (Wildman–Crippen MR) is 126 cm³/mol. The lowest BCUT2D eigenvalue weighted by atomic mass is 10.1. The van der Waals surface area contributed by atoms with E-state index in [9.17, 15) is 14.0 Å². The van der Waals surface area contributed by atoms with Crippen LogP contribution >= 0.6 is 0 Å². The van der Waals surface area contributed by atoms with Gasteiger partial charge in [0.2, 0.25) is 0 Å². The van der Waals surface area contributed by atoms with E-state index < -0.39 is 5.60 Å². The lowest BCUT2D eigenvalue weighted by molar-refractivity contribution is 0.0241. The molecule has 0 radical (unpaired) electrons. The van der Waals surface area contributed by atoms with Crippen molar-refractivity contribution in [2.45, 2.75) is 65.0 Å². The minimum absolute atomic E-state index is 0.0131. The number of hydrogen-bond acceptors (Lipinski definition) is 4. The number of fused-ring (bicyclic) bond motifs is 1. The highest BCUT2D eigenvalue weighted by atomic mass is 19.1. The molecule has 1 saturated heterocycles. The van der Waals surface area contributed by atoms with E-state index in [2.05, 4.69) is 5.32 Å². The van der Waals surface area contributed by atoms with Crippen LogP contribution in [0.2, 0.25) is 0 Å². The first kappa shape index (κ1) is 23.9. The number of benzene rings is 2. The third-order valence-corrected chi connectivity index (χ3v) is 5.93. The maximum Gasteiger partial charge on any atom is 0.410 e. The molecule has 2 heterocycles. The van der Waals surface area contributed by atoms with E-state index in [0.717, 1.165) is 29.5 Å². The lowest BCUT2D eigenvalue weighted by Crippen LogP contribution is -2.46. The van der Waals surface area contributed by atoms with Crippen molar-refractivity contribution in [2.24, 2.45) is 0 Å². The Morgan fingerprint density at radius 2 is 1.68 bits per heavy atom. The average Bonchev–Trinajstić information content (AvgIpc) is 3.22. The number of piperidine rings is 1. The fraction of sp³-hybridized carbons (Fsp3) is 0.462. The van der Waals surface area contributed by atoms with Gasteiger partial charge in [0.15, 0.2) is 0 Å². The number of nitrogens with one attached hydrogen (secondary N) is 1. The molecular formula is C26H32FN3O4. The van der Waals surface area contributed by atoms with Gasteiger partial charge in [0, 0.05) is 45.6 Å². The summed E-state index contributed by atoms with van der Waals surface area (Å²) in [6.45, 7) is 8.24. The fourth-order valence-electron chi connectivity index (χ4n) is 4.19. The largest absolute Gasteiger partial charge is 0.490 e. The summed E-state index contributed by atoms with van der Waals surface area (Å²) in [7, 11) is 0. The monoisotopic (exact) mass is 469 g/mol. The van der Waals surface area contributed by atoms with Gasteiger partial charge in [-0.2, -0.15) is 0 Å². The minimum Gasteiger partial charge on any atom is -0.490 e. The minimum atomic E-state index is -0.525. The maximum atomic E-state index is 13.0. The lowest BCUT2D eigenvalue weighted by Gasteiger charge is -2.32. The van der Waals surface area contributed by atoms with Gasteiger partial charge in [-0.3, -0.25) is 4.90 Å². The third-order valence-electron chi connectivity index (χ3n) is 5.93. The number of carbonyl (C=O) groups is 2. The van der Waals surface area contributed by atoms with Crippen molar-refractivity contribution in [2.75, 3.05) is 13.1 Å². The van der Waals surface area contributed by atoms with E-state index in [1.54, 1.807) is 21.9 Å². The van der Waals surface area contributed by atoms with Crippen molar-refractivity contribution >= 4 is 12.1 Å². The summed E-state index contributed by atoms with van der Waals surface area (Å²) in [4.78, 5) is 28.5. The standard InChI is InChI=1S/C26H32FN3O4/c1-26(2,3)34-25(32)30-16-19-5-4-18(14-20(19)17-30)15-28-24(31)29-12-10-23(11-13-29)33-22-8-6-21(27)7-9-22/h4-9,14,23H,10-13,15-17H2,1-3H3,(H,28,31). The van der Waals surface area contributed by atoms with Crippen molar-refractivity contribution in [3.8, 4) is 5.75 Å². The molecule has 34 heavy (non-hydrogen) atoms. The first-order valence-electron chi connectivity index (χ1n) is 11.7. The highest BCUT2D eigenvalue weighted by Crippen LogP contribution is 2.26. The Labute approximate surface area is 199 Å². The van der Waals surface area contributed by atoms with Crippen LogP contribution in [0.4, 0.5) is 14.0 Å². The molecule has 4 rings (SSSR count). The molecule has 1 N–H and O–H groups in total. The van der Waals surface area contributed by atoms with Gasteiger partial charge in [-0.15, -0.1) is 0 Å².